The molecule has 1 N–H and O–H groups in total. The summed E-state index contributed by atoms with van der Waals surface area (Å²) in [7, 11) is 0. The zero-order chi connectivity index (χ0) is 25.2. The fourth-order valence-corrected chi connectivity index (χ4v) is 6.78. The van der Waals surface area contributed by atoms with Gasteiger partial charge in [-0.05, 0) is 68.2 Å². The minimum atomic E-state index is -1.06. The number of carbonyl (C=O) groups is 1. The number of ether oxygens (including phenoxy) is 1. The van der Waals surface area contributed by atoms with Gasteiger partial charge in [-0.2, -0.15) is 4.39 Å². The van der Waals surface area contributed by atoms with Crippen LogP contribution < -0.4 is 15.2 Å². The molecular weight excluding hydrogens is 488 g/mol. The molecule has 36 heavy (non-hydrogen) atoms. The lowest BCUT2D eigenvalue weighted by Gasteiger charge is -2.55. The first-order chi connectivity index (χ1) is 17.3. The van der Waals surface area contributed by atoms with Crippen molar-refractivity contribution < 1.29 is 23.4 Å². The number of carbonyl (C=O) groups excluding carboxylic acids is 1. The molecule has 2 bridgehead atoms. The second-order valence-electron chi connectivity index (χ2n) is 9.72. The number of amides is 1. The number of hydrogen-bond acceptors (Lipinski definition) is 6. The predicted molar refractivity (Wildman–Crippen MR) is 130 cm³/mol. The van der Waals surface area contributed by atoms with Crippen molar-refractivity contribution >= 4 is 17.2 Å². The largest absolute Gasteiger partial charge is 0.502 e. The summed E-state index contributed by atoms with van der Waals surface area (Å²) in [5.74, 6) is -3.25. The monoisotopic (exact) mass is 513 g/mol. The number of nitrogens with zero attached hydrogens (tertiary/aromatic N) is 3. The Labute approximate surface area is 210 Å². The van der Waals surface area contributed by atoms with Crippen LogP contribution in [0.2, 0.25) is 0 Å². The van der Waals surface area contributed by atoms with Crippen LogP contribution >= 0.6 is 11.3 Å². The molecule has 1 aromatic carbocycles. The van der Waals surface area contributed by atoms with E-state index in [1.807, 2.05) is 23.4 Å². The number of pyridine rings is 1. The first-order valence-corrected chi connectivity index (χ1v) is 12.9. The van der Waals surface area contributed by atoms with Crippen molar-refractivity contribution in [1.82, 2.24) is 9.58 Å². The Morgan fingerprint density at radius 2 is 1.89 bits per heavy atom. The summed E-state index contributed by atoms with van der Waals surface area (Å²) >= 11 is 1.46. The van der Waals surface area contributed by atoms with E-state index in [1.54, 1.807) is 4.90 Å². The minimum absolute atomic E-state index is 0.122. The summed E-state index contributed by atoms with van der Waals surface area (Å²) in [6.45, 7) is 2.25. The topological polar surface area (TPSA) is 75.0 Å². The first kappa shape index (κ1) is 23.0. The Bertz CT molecular complexity index is 1430. The van der Waals surface area contributed by atoms with Crippen LogP contribution in [0, 0.1) is 18.6 Å². The molecule has 1 fully saturated rings. The summed E-state index contributed by atoms with van der Waals surface area (Å²) in [5, 5.41) is 14.5. The van der Waals surface area contributed by atoms with E-state index in [-0.39, 0.29) is 24.7 Å². The second kappa shape index (κ2) is 8.33. The van der Waals surface area contributed by atoms with E-state index in [4.69, 9.17) is 4.74 Å². The molecular formula is C26H25F2N3O4S. The minimum Gasteiger partial charge on any atom is -0.502 e. The van der Waals surface area contributed by atoms with E-state index in [9.17, 15) is 19.1 Å². The SMILES string of the molecule is Cc1ccsc1[C@H]1c2ccc(F)c(F)c2OCCCC2(CCC2)N2CN1n1ccc(=O)c(O)c1C2=O. The lowest BCUT2D eigenvalue weighted by atomic mass is 9.72. The molecule has 1 amide bonds. The van der Waals surface area contributed by atoms with Crippen LogP contribution in [0.25, 0.3) is 0 Å². The number of fused-ring (bicyclic) bond motifs is 6. The van der Waals surface area contributed by atoms with Crippen LogP contribution in [0.5, 0.6) is 11.5 Å². The normalized spacial score (nSPS) is 20.8. The number of aromatic nitrogens is 1. The van der Waals surface area contributed by atoms with Crippen LogP contribution in [0.3, 0.4) is 0 Å². The van der Waals surface area contributed by atoms with Gasteiger partial charge in [-0.3, -0.25) is 19.3 Å². The summed E-state index contributed by atoms with van der Waals surface area (Å²) in [6.07, 6.45) is 5.11. The van der Waals surface area contributed by atoms with Crippen molar-refractivity contribution in [1.29, 1.82) is 0 Å². The van der Waals surface area contributed by atoms with E-state index >= 15 is 4.39 Å². The van der Waals surface area contributed by atoms with Crippen molar-refractivity contribution in [2.75, 3.05) is 18.3 Å². The summed E-state index contributed by atoms with van der Waals surface area (Å²) in [4.78, 5) is 28.8. The quantitative estimate of drug-likeness (QED) is 0.521. The molecule has 4 heterocycles. The number of rotatable bonds is 1. The maximum absolute atomic E-state index is 15.2. The Hall–Kier alpha value is -3.40. The highest BCUT2D eigenvalue weighted by Gasteiger charge is 2.50. The second-order valence-corrected chi connectivity index (χ2v) is 10.7. The Kier molecular flexibility index (Phi) is 5.33. The van der Waals surface area contributed by atoms with Gasteiger partial charge in [0.05, 0.1) is 6.61 Å². The zero-order valence-corrected chi connectivity index (χ0v) is 20.5. The van der Waals surface area contributed by atoms with Gasteiger partial charge in [-0.25, -0.2) is 4.39 Å². The van der Waals surface area contributed by atoms with Gasteiger partial charge in [-0.1, -0.05) is 0 Å². The van der Waals surface area contributed by atoms with E-state index in [0.717, 1.165) is 35.8 Å². The Morgan fingerprint density at radius 1 is 1.11 bits per heavy atom. The molecule has 7 nitrogen and oxygen atoms in total. The zero-order valence-electron chi connectivity index (χ0n) is 19.7. The highest BCUT2D eigenvalue weighted by atomic mass is 32.1. The average Bonchev–Trinajstić information content (AvgIpc) is 3.24. The molecule has 1 spiro atoms. The lowest BCUT2D eigenvalue weighted by molar-refractivity contribution is -0.00205. The summed E-state index contributed by atoms with van der Waals surface area (Å²) in [6, 6.07) is 5.05. The maximum atomic E-state index is 15.2. The highest BCUT2D eigenvalue weighted by molar-refractivity contribution is 7.10. The molecule has 0 unspecified atom stereocenters. The van der Waals surface area contributed by atoms with Gasteiger partial charge in [-0.15, -0.1) is 11.3 Å². The molecule has 2 aliphatic heterocycles. The van der Waals surface area contributed by atoms with Crippen LogP contribution in [0.4, 0.5) is 8.78 Å². The van der Waals surface area contributed by atoms with Crippen LogP contribution in [0.1, 0.15) is 64.6 Å². The molecule has 1 saturated carbocycles. The Balaban J connectivity index is 1.66. The molecule has 1 atom stereocenters. The van der Waals surface area contributed by atoms with Crippen LogP contribution in [-0.2, 0) is 0 Å². The van der Waals surface area contributed by atoms with Gasteiger partial charge in [0.25, 0.3) is 5.91 Å². The Morgan fingerprint density at radius 3 is 2.58 bits per heavy atom. The molecule has 10 heteroatoms. The third kappa shape index (κ3) is 3.27. The standard InChI is InChI=1S/C26H25F2N3O4S/c1-15-7-13-36-24(15)20-16-4-5-17(27)19(28)23(16)35-12-3-10-26(8-2-9-26)29-14-31(20)30-11-6-18(32)22(33)21(30)25(29)34/h4-7,11,13,20,33H,2-3,8-10,12,14H2,1H3/t20-/m1/s1. The van der Waals surface area contributed by atoms with Gasteiger partial charge >= 0.3 is 0 Å². The van der Waals surface area contributed by atoms with Gasteiger partial charge in [0, 0.05) is 28.2 Å². The van der Waals surface area contributed by atoms with Crippen molar-refractivity contribution in [2.24, 2.45) is 0 Å². The fraction of sp³-hybridized carbons (Fsp3) is 0.385. The fourth-order valence-electron chi connectivity index (χ4n) is 5.73. The number of thiophene rings is 1. The van der Waals surface area contributed by atoms with Crippen LogP contribution in [-0.4, -0.2) is 39.4 Å². The molecule has 0 radical (unpaired) electrons. The first-order valence-electron chi connectivity index (χ1n) is 12.0. The van der Waals surface area contributed by atoms with Crippen molar-refractivity contribution in [3.63, 3.8) is 0 Å². The van der Waals surface area contributed by atoms with E-state index < -0.39 is 40.3 Å². The lowest BCUT2D eigenvalue weighted by Crippen LogP contribution is -2.65. The van der Waals surface area contributed by atoms with Gasteiger partial charge in [0.1, 0.15) is 12.7 Å². The molecule has 2 aromatic heterocycles. The number of aryl methyl sites for hydroxylation is 1. The number of benzene rings is 1. The molecule has 1 aliphatic carbocycles. The molecule has 188 valence electrons. The van der Waals surface area contributed by atoms with E-state index in [2.05, 4.69) is 0 Å². The molecule has 6 rings (SSSR count). The van der Waals surface area contributed by atoms with Gasteiger partial charge < -0.3 is 14.7 Å². The molecule has 0 saturated heterocycles. The highest BCUT2D eigenvalue weighted by Crippen LogP contribution is 2.47. The summed E-state index contributed by atoms with van der Waals surface area (Å²) < 4.78 is 37.0. The smallest absolute Gasteiger partial charge is 0.278 e. The van der Waals surface area contributed by atoms with E-state index in [0.29, 0.717) is 18.4 Å². The van der Waals surface area contributed by atoms with Crippen molar-refractivity contribution in [3.8, 4) is 11.5 Å². The third-order valence-electron chi connectivity index (χ3n) is 7.78. The molecule has 3 aromatic rings. The average molecular weight is 514 g/mol. The maximum Gasteiger partial charge on any atom is 0.278 e. The third-order valence-corrected chi connectivity index (χ3v) is 8.85. The number of aromatic hydroxyl groups is 1. The van der Waals surface area contributed by atoms with E-state index in [1.165, 1.54) is 34.3 Å². The molecule has 3 aliphatic rings. The van der Waals surface area contributed by atoms with Gasteiger partial charge in [0.15, 0.2) is 23.0 Å². The number of hydrogen-bond donors (Lipinski definition) is 1. The summed E-state index contributed by atoms with van der Waals surface area (Å²) in [5.41, 5.74) is 0.108. The van der Waals surface area contributed by atoms with Crippen LogP contribution in [0.15, 0.2) is 40.6 Å². The predicted octanol–water partition coefficient (Wildman–Crippen LogP) is 4.44. The van der Waals surface area contributed by atoms with Crippen molar-refractivity contribution in [3.05, 3.63) is 79.4 Å². The van der Waals surface area contributed by atoms with Gasteiger partial charge in [0.2, 0.25) is 11.2 Å². The van der Waals surface area contributed by atoms with Crippen molar-refractivity contribution in [2.45, 2.75) is 50.6 Å². The number of halogens is 2.